The molecule has 0 heterocycles. The second-order valence-corrected chi connectivity index (χ2v) is 7.51. The molecule has 0 aliphatic heterocycles. The van der Waals surface area contributed by atoms with Gasteiger partial charge < -0.3 is 15.2 Å². The smallest absolute Gasteiger partial charge is 0.407 e. The van der Waals surface area contributed by atoms with Crippen LogP contribution >= 0.6 is 11.6 Å². The first-order valence-electron chi connectivity index (χ1n) is 8.54. The molecule has 0 aromatic heterocycles. The fraction of sp³-hybridized carbons (Fsp3) is 0.350. The highest BCUT2D eigenvalue weighted by Crippen LogP contribution is 2.45. The number of hydrogen-bond donors (Lipinski definition) is 2. The number of rotatable bonds is 5. The summed E-state index contributed by atoms with van der Waals surface area (Å²) in [6.07, 6.45) is 0.293. The number of ether oxygens (including phenoxy) is 1. The molecule has 1 fully saturated rings. The van der Waals surface area contributed by atoms with E-state index in [0.717, 1.165) is 12.8 Å². The second-order valence-electron chi connectivity index (χ2n) is 6.76. The number of amides is 1. The maximum absolute atomic E-state index is 12.0. The number of aliphatic hydroxyl groups excluding tert-OH is 1. The summed E-state index contributed by atoms with van der Waals surface area (Å²) in [4.78, 5) is 11.4. The summed E-state index contributed by atoms with van der Waals surface area (Å²) >= 11 is 6.13. The molecule has 2 aliphatic carbocycles. The SMILES string of the molecule is O=C(NCC(O)C1(Cl)CC1)OCC1c2ccccc2-c2ccccc21. The lowest BCUT2D eigenvalue weighted by molar-refractivity contribution is 0.124. The second kappa shape index (κ2) is 6.36. The molecule has 1 atom stereocenters. The Kier molecular flexibility index (Phi) is 4.18. The number of nitrogens with one attached hydrogen (secondary N) is 1. The topological polar surface area (TPSA) is 58.6 Å². The molecule has 2 aromatic carbocycles. The zero-order valence-electron chi connectivity index (χ0n) is 13.7. The van der Waals surface area contributed by atoms with E-state index in [1.54, 1.807) is 0 Å². The van der Waals surface area contributed by atoms with Crippen LogP contribution in [0.15, 0.2) is 48.5 Å². The highest BCUT2D eigenvalue weighted by atomic mass is 35.5. The Bertz CT molecular complexity index is 758. The standard InChI is InChI=1S/C20H20ClNO3/c21-20(9-10-20)18(23)11-22-19(24)25-12-17-15-7-3-1-5-13(15)14-6-2-4-8-16(14)17/h1-8,17-18,23H,9-12H2,(H,22,24). The van der Waals surface area contributed by atoms with Crippen molar-refractivity contribution in [1.82, 2.24) is 5.32 Å². The van der Waals surface area contributed by atoms with Gasteiger partial charge in [0.15, 0.2) is 0 Å². The van der Waals surface area contributed by atoms with Crippen molar-refractivity contribution in [3.05, 3.63) is 59.7 Å². The first kappa shape index (κ1) is 16.4. The van der Waals surface area contributed by atoms with Gasteiger partial charge in [0, 0.05) is 12.5 Å². The number of hydrogen-bond acceptors (Lipinski definition) is 3. The van der Waals surface area contributed by atoms with Crippen LogP contribution in [0.5, 0.6) is 0 Å². The monoisotopic (exact) mass is 357 g/mol. The van der Waals surface area contributed by atoms with Gasteiger partial charge >= 0.3 is 6.09 Å². The van der Waals surface area contributed by atoms with E-state index in [1.165, 1.54) is 22.3 Å². The summed E-state index contributed by atoms with van der Waals surface area (Å²) in [5.74, 6) is 0.0332. The van der Waals surface area contributed by atoms with Crippen LogP contribution in [-0.2, 0) is 4.74 Å². The van der Waals surface area contributed by atoms with Crippen LogP contribution in [0, 0.1) is 0 Å². The minimum absolute atomic E-state index is 0.0332. The Hall–Kier alpha value is -2.04. The summed E-state index contributed by atoms with van der Waals surface area (Å²) < 4.78 is 5.42. The van der Waals surface area contributed by atoms with Crippen molar-refractivity contribution >= 4 is 17.7 Å². The van der Waals surface area contributed by atoms with E-state index < -0.39 is 17.1 Å². The number of carbonyl (C=O) groups is 1. The van der Waals surface area contributed by atoms with E-state index >= 15 is 0 Å². The first-order chi connectivity index (χ1) is 12.1. The lowest BCUT2D eigenvalue weighted by atomic mass is 9.98. The third kappa shape index (κ3) is 3.12. The van der Waals surface area contributed by atoms with Gasteiger partial charge in [-0.05, 0) is 35.1 Å². The van der Waals surface area contributed by atoms with E-state index in [2.05, 4.69) is 29.6 Å². The minimum Gasteiger partial charge on any atom is -0.449 e. The van der Waals surface area contributed by atoms with Crippen LogP contribution < -0.4 is 5.32 Å². The average molecular weight is 358 g/mol. The predicted molar refractivity (Wildman–Crippen MR) is 96.9 cm³/mol. The van der Waals surface area contributed by atoms with E-state index in [0.29, 0.717) is 0 Å². The van der Waals surface area contributed by atoms with E-state index in [-0.39, 0.29) is 19.1 Å². The van der Waals surface area contributed by atoms with Crippen molar-refractivity contribution in [2.75, 3.05) is 13.2 Å². The van der Waals surface area contributed by atoms with Crippen molar-refractivity contribution in [2.24, 2.45) is 0 Å². The molecule has 2 aliphatic rings. The summed E-state index contributed by atoms with van der Waals surface area (Å²) in [6, 6.07) is 16.4. The maximum atomic E-state index is 12.0. The van der Waals surface area contributed by atoms with E-state index in [4.69, 9.17) is 16.3 Å². The normalized spacial score (nSPS) is 18.2. The van der Waals surface area contributed by atoms with Crippen molar-refractivity contribution in [3.63, 3.8) is 0 Å². The number of aliphatic hydroxyl groups is 1. The number of carbonyl (C=O) groups excluding carboxylic acids is 1. The van der Waals surface area contributed by atoms with Gasteiger partial charge in [-0.3, -0.25) is 0 Å². The molecule has 2 N–H and O–H groups in total. The van der Waals surface area contributed by atoms with Crippen LogP contribution in [0.4, 0.5) is 4.79 Å². The summed E-state index contributed by atoms with van der Waals surface area (Å²) in [7, 11) is 0. The Balaban J connectivity index is 1.40. The van der Waals surface area contributed by atoms with Crippen LogP contribution in [0.25, 0.3) is 11.1 Å². The maximum Gasteiger partial charge on any atom is 0.407 e. The van der Waals surface area contributed by atoms with Crippen molar-refractivity contribution in [1.29, 1.82) is 0 Å². The van der Waals surface area contributed by atoms with Crippen molar-refractivity contribution in [3.8, 4) is 11.1 Å². The number of fused-ring (bicyclic) bond motifs is 3. The molecular formula is C20H20ClNO3. The van der Waals surface area contributed by atoms with E-state index in [1.807, 2.05) is 24.3 Å². The van der Waals surface area contributed by atoms with Gasteiger partial charge in [0.1, 0.15) is 6.61 Å². The largest absolute Gasteiger partial charge is 0.449 e. The van der Waals surface area contributed by atoms with E-state index in [9.17, 15) is 9.90 Å². The highest BCUT2D eigenvalue weighted by Gasteiger charge is 2.47. The molecule has 0 spiro atoms. The lowest BCUT2D eigenvalue weighted by Gasteiger charge is -2.17. The Morgan fingerprint density at radius 1 is 1.16 bits per heavy atom. The first-order valence-corrected chi connectivity index (χ1v) is 8.92. The van der Waals surface area contributed by atoms with Crippen LogP contribution in [0.3, 0.4) is 0 Å². The zero-order chi connectivity index (χ0) is 17.4. The van der Waals surface area contributed by atoms with Gasteiger partial charge in [0.25, 0.3) is 0 Å². The Labute approximate surface area is 151 Å². The lowest BCUT2D eigenvalue weighted by Crippen LogP contribution is -2.38. The van der Waals surface area contributed by atoms with Crippen LogP contribution in [-0.4, -0.2) is 35.3 Å². The molecule has 4 rings (SSSR count). The Morgan fingerprint density at radius 3 is 2.28 bits per heavy atom. The summed E-state index contributed by atoms with van der Waals surface area (Å²) in [5.41, 5.74) is 4.74. The molecule has 1 unspecified atom stereocenters. The third-order valence-corrected chi connectivity index (χ3v) is 5.74. The van der Waals surface area contributed by atoms with Crippen molar-refractivity contribution < 1.29 is 14.6 Å². The molecule has 1 saturated carbocycles. The van der Waals surface area contributed by atoms with Crippen molar-refractivity contribution in [2.45, 2.75) is 29.7 Å². The number of alkyl halides is 1. The summed E-state index contributed by atoms with van der Waals surface area (Å²) in [5, 5.41) is 12.5. The number of halogens is 1. The van der Waals surface area contributed by atoms with Gasteiger partial charge in [0.05, 0.1) is 11.0 Å². The fourth-order valence-electron chi connectivity index (χ4n) is 3.47. The molecular weight excluding hydrogens is 338 g/mol. The fourth-order valence-corrected chi connectivity index (χ4v) is 3.64. The molecule has 4 nitrogen and oxygen atoms in total. The highest BCUT2D eigenvalue weighted by molar-refractivity contribution is 6.26. The number of benzene rings is 2. The molecule has 5 heteroatoms. The minimum atomic E-state index is -0.741. The van der Waals surface area contributed by atoms with Crippen LogP contribution in [0.1, 0.15) is 29.9 Å². The van der Waals surface area contributed by atoms with Crippen LogP contribution in [0.2, 0.25) is 0 Å². The van der Waals surface area contributed by atoms with Gasteiger partial charge in [0.2, 0.25) is 0 Å². The molecule has 1 amide bonds. The predicted octanol–water partition coefficient (Wildman–Crippen LogP) is 3.66. The third-order valence-electron chi connectivity index (χ3n) is 5.11. The Morgan fingerprint density at radius 2 is 1.72 bits per heavy atom. The molecule has 130 valence electrons. The quantitative estimate of drug-likeness (QED) is 0.803. The summed E-state index contributed by atoms with van der Waals surface area (Å²) in [6.45, 7) is 0.377. The molecule has 25 heavy (non-hydrogen) atoms. The average Bonchev–Trinajstić information content (AvgIpc) is 3.31. The molecule has 2 aromatic rings. The van der Waals surface area contributed by atoms with Gasteiger partial charge in [-0.2, -0.15) is 0 Å². The number of alkyl carbamates (subject to hydrolysis) is 1. The molecule has 0 bridgehead atoms. The molecule has 0 radical (unpaired) electrons. The van der Waals surface area contributed by atoms with Gasteiger partial charge in [-0.25, -0.2) is 4.79 Å². The molecule has 0 saturated heterocycles. The van der Waals surface area contributed by atoms with Gasteiger partial charge in [-0.1, -0.05) is 48.5 Å². The zero-order valence-corrected chi connectivity index (χ0v) is 14.5. The van der Waals surface area contributed by atoms with Gasteiger partial charge in [-0.15, -0.1) is 11.6 Å².